The van der Waals surface area contributed by atoms with Crippen molar-refractivity contribution in [2.75, 3.05) is 0 Å². The first-order valence-electron chi connectivity index (χ1n) is 12.9. The van der Waals surface area contributed by atoms with Crippen LogP contribution in [0, 0.1) is 38.5 Å². The van der Waals surface area contributed by atoms with E-state index in [1.165, 1.54) is 56.9 Å². The van der Waals surface area contributed by atoms with E-state index >= 15 is 0 Å². The Hall–Kier alpha value is -1.93. The highest BCUT2D eigenvalue weighted by atomic mass is 28.3. The lowest BCUT2D eigenvalue weighted by molar-refractivity contribution is -0.659. The second-order valence-electron chi connectivity index (χ2n) is 11.9. The molecule has 0 N–H and O–H groups in total. The maximum Gasteiger partial charge on any atom is 0.220 e. The molecule has 3 rings (SSSR count). The summed E-state index contributed by atoms with van der Waals surface area (Å²) in [5.41, 5.74) is 6.79. The van der Waals surface area contributed by atoms with Gasteiger partial charge in [0.25, 0.3) is 0 Å². The molecule has 0 spiro atoms. The summed E-state index contributed by atoms with van der Waals surface area (Å²) < 4.78 is 2.31. The number of aryl methyl sites for hydroxylation is 3. The summed E-state index contributed by atoms with van der Waals surface area (Å²) in [7, 11) is 0.566. The summed E-state index contributed by atoms with van der Waals surface area (Å²) in [6.45, 7) is 21.2. The van der Waals surface area contributed by atoms with Crippen molar-refractivity contribution in [1.82, 2.24) is 0 Å². The van der Waals surface area contributed by atoms with Crippen molar-refractivity contribution in [3.05, 3.63) is 59.3 Å². The number of hydrogen-bond acceptors (Lipinski definition) is 0. The Balaban J connectivity index is 2.26. The second-order valence-corrected chi connectivity index (χ2v) is 16.3. The van der Waals surface area contributed by atoms with Crippen LogP contribution < -0.4 is 9.75 Å². The van der Waals surface area contributed by atoms with Crippen molar-refractivity contribution in [3.63, 3.8) is 0 Å². The quantitative estimate of drug-likeness (QED) is 0.238. The topological polar surface area (TPSA) is 3.88 Å². The molecule has 0 aliphatic carbocycles. The minimum Gasteiger partial charge on any atom is -0.200 e. The summed E-state index contributed by atoms with van der Waals surface area (Å²) >= 11 is 0. The van der Waals surface area contributed by atoms with Crippen LogP contribution in [0.3, 0.4) is 0 Å². The van der Waals surface area contributed by atoms with Gasteiger partial charge >= 0.3 is 0 Å². The fourth-order valence-electron chi connectivity index (χ4n) is 6.27. The van der Waals surface area contributed by atoms with Crippen LogP contribution in [0.25, 0.3) is 22.0 Å². The van der Waals surface area contributed by atoms with Crippen LogP contribution in [0.2, 0.25) is 18.1 Å². The second kappa shape index (κ2) is 10.1. The third-order valence-electron chi connectivity index (χ3n) is 7.21. The first-order valence-corrected chi connectivity index (χ1v) is 15.6. The van der Waals surface area contributed by atoms with Gasteiger partial charge in [-0.05, 0) is 67.2 Å². The molecule has 0 atom stereocenters. The highest BCUT2D eigenvalue weighted by Crippen LogP contribution is 2.34. The number of rotatable bonds is 8. The van der Waals surface area contributed by atoms with E-state index in [0.717, 1.165) is 17.8 Å². The number of nitrogens with zero attached hydrogens (tertiary/aromatic N) is 1. The van der Waals surface area contributed by atoms with Crippen LogP contribution in [-0.2, 0) is 7.05 Å². The Kier molecular flexibility index (Phi) is 7.89. The first kappa shape index (κ1) is 25.7. The van der Waals surface area contributed by atoms with Gasteiger partial charge in [-0.1, -0.05) is 88.6 Å². The molecule has 1 aromatic heterocycles. The van der Waals surface area contributed by atoms with Crippen molar-refractivity contribution in [2.45, 2.75) is 80.4 Å². The van der Waals surface area contributed by atoms with E-state index in [9.17, 15) is 0 Å². The van der Waals surface area contributed by atoms with Crippen LogP contribution in [-0.4, -0.2) is 8.07 Å². The summed E-state index contributed by atoms with van der Waals surface area (Å²) in [4.78, 5) is 0. The van der Waals surface area contributed by atoms with Crippen molar-refractivity contribution in [1.29, 1.82) is 0 Å². The summed E-state index contributed by atoms with van der Waals surface area (Å²) in [6, 6.07) is 18.7. The largest absolute Gasteiger partial charge is 0.220 e. The molecule has 0 aliphatic heterocycles. The lowest BCUT2D eigenvalue weighted by Gasteiger charge is -2.37. The van der Waals surface area contributed by atoms with Gasteiger partial charge in [-0.15, -0.1) is 0 Å². The molecule has 0 amide bonds. The van der Waals surface area contributed by atoms with Gasteiger partial charge in [0, 0.05) is 6.07 Å². The van der Waals surface area contributed by atoms with Gasteiger partial charge in [-0.25, -0.2) is 4.57 Å². The molecule has 178 valence electrons. The Labute approximate surface area is 204 Å². The monoisotopic (exact) mass is 460 g/mol. The summed E-state index contributed by atoms with van der Waals surface area (Å²) in [6.07, 6.45) is 2.26. The molecule has 2 heteroatoms. The zero-order valence-electron chi connectivity index (χ0n) is 22.8. The molecule has 0 aliphatic rings. The fourth-order valence-corrected chi connectivity index (χ4v) is 13.1. The zero-order valence-corrected chi connectivity index (χ0v) is 23.8. The van der Waals surface area contributed by atoms with Crippen LogP contribution in [0.1, 0.15) is 58.2 Å². The van der Waals surface area contributed by atoms with Crippen LogP contribution in [0.15, 0.2) is 42.6 Å². The number of aromatic nitrogens is 1. The number of fused-ring (bicyclic) bond motifs is 1. The number of hydrogen-bond donors (Lipinski definition) is 0. The highest BCUT2D eigenvalue weighted by molar-refractivity contribution is 6.92. The maximum absolute atomic E-state index is 2.58. The van der Waals surface area contributed by atoms with Crippen molar-refractivity contribution in [3.8, 4) is 11.3 Å². The van der Waals surface area contributed by atoms with Crippen molar-refractivity contribution in [2.24, 2.45) is 24.8 Å². The molecule has 0 radical (unpaired) electrons. The van der Waals surface area contributed by atoms with E-state index in [1.807, 2.05) is 0 Å². The lowest BCUT2D eigenvalue weighted by atomic mass is 9.94. The Morgan fingerprint density at radius 3 is 1.88 bits per heavy atom. The van der Waals surface area contributed by atoms with Gasteiger partial charge in [-0.2, -0.15) is 0 Å². The van der Waals surface area contributed by atoms with Crippen LogP contribution in [0.4, 0.5) is 0 Å². The maximum atomic E-state index is 2.58. The Morgan fingerprint density at radius 2 is 1.33 bits per heavy atom. The van der Waals surface area contributed by atoms with Gasteiger partial charge in [0.05, 0.1) is 19.0 Å². The number of benzene rings is 2. The number of pyridine rings is 1. The van der Waals surface area contributed by atoms with Crippen LogP contribution in [0.5, 0.6) is 0 Å². The Morgan fingerprint density at radius 1 is 0.758 bits per heavy atom. The average molecular weight is 461 g/mol. The van der Waals surface area contributed by atoms with E-state index in [4.69, 9.17) is 0 Å². The predicted octanol–water partition coefficient (Wildman–Crippen LogP) is 7.88. The van der Waals surface area contributed by atoms with E-state index in [1.54, 1.807) is 5.19 Å². The minimum absolute atomic E-state index is 0.743. The summed E-state index contributed by atoms with van der Waals surface area (Å²) in [5, 5.41) is 4.44. The fraction of sp³-hybridized carbons (Fsp3) is 0.516. The smallest absolute Gasteiger partial charge is 0.200 e. The normalized spacial score (nSPS) is 12.5. The molecule has 0 bridgehead atoms. The van der Waals surface area contributed by atoms with E-state index in [2.05, 4.69) is 117 Å². The third-order valence-corrected chi connectivity index (χ3v) is 13.5. The highest BCUT2D eigenvalue weighted by Gasteiger charge is 2.37. The van der Waals surface area contributed by atoms with Gasteiger partial charge in [0.1, 0.15) is 7.05 Å². The minimum atomic E-state index is -1.62. The van der Waals surface area contributed by atoms with Crippen LogP contribution >= 0.6 is 0 Å². The molecule has 0 fully saturated rings. The molecule has 1 heterocycles. The molecular weight excluding hydrogens is 414 g/mol. The van der Waals surface area contributed by atoms with Crippen molar-refractivity contribution >= 4 is 24.0 Å². The van der Waals surface area contributed by atoms with Gasteiger partial charge in [0.15, 0.2) is 6.20 Å². The molecule has 3 aromatic rings. The molecule has 1 nitrogen and oxygen atoms in total. The molecule has 0 unspecified atom stereocenters. The molecule has 0 saturated heterocycles. The standard InChI is InChI=1S/C31H46NSi/c1-21(2)18-33(19-22(3)4,20-23(5)6)28-11-12-29-27(17-28)13-14-32(10)31(29)30-16-24(7)15-25(8)26(30)9/h11-17,21-23H,18-20H2,1-10H3/q+1. The predicted molar refractivity (Wildman–Crippen MR) is 149 cm³/mol. The SMILES string of the molecule is Cc1cc(C)c(C)c(-c2c3ccc([Si](CC(C)C)(CC(C)C)CC(C)C)cc3cc[n+]2C)c1. The van der Waals surface area contributed by atoms with Gasteiger partial charge < -0.3 is 0 Å². The summed E-state index contributed by atoms with van der Waals surface area (Å²) in [5.74, 6) is 2.23. The van der Waals surface area contributed by atoms with Gasteiger partial charge in [-0.3, -0.25) is 0 Å². The molecule has 0 saturated carbocycles. The molecule has 2 aromatic carbocycles. The lowest BCUT2D eigenvalue weighted by Crippen LogP contribution is -2.50. The first-order chi connectivity index (χ1) is 15.4. The average Bonchev–Trinajstić information content (AvgIpc) is 2.69. The van der Waals surface area contributed by atoms with E-state index in [-0.39, 0.29) is 0 Å². The van der Waals surface area contributed by atoms with Crippen molar-refractivity contribution < 1.29 is 4.57 Å². The van der Waals surface area contributed by atoms with Gasteiger partial charge in [0.2, 0.25) is 5.69 Å². The zero-order chi connectivity index (χ0) is 24.5. The molecular formula is C31H46NSi+. The third kappa shape index (κ3) is 5.59. The van der Waals surface area contributed by atoms with E-state index in [0.29, 0.717) is 0 Å². The van der Waals surface area contributed by atoms with E-state index < -0.39 is 8.07 Å². The molecule has 33 heavy (non-hydrogen) atoms. The Bertz CT molecular complexity index is 1100.